The van der Waals surface area contributed by atoms with Crippen molar-refractivity contribution in [1.29, 1.82) is 0 Å². The topological polar surface area (TPSA) is 98.0 Å². The molecular weight excluding hydrogens is 490 g/mol. The highest BCUT2D eigenvalue weighted by Crippen LogP contribution is 2.29. The Balaban J connectivity index is 1.32. The Labute approximate surface area is 220 Å². The van der Waals surface area contributed by atoms with Crippen molar-refractivity contribution in [3.05, 3.63) is 71.1 Å². The molecule has 1 aliphatic heterocycles. The van der Waals surface area contributed by atoms with Crippen LogP contribution in [-0.4, -0.2) is 81.5 Å². The molecule has 1 fully saturated rings. The van der Waals surface area contributed by atoms with Gasteiger partial charge in [0.05, 0.1) is 22.5 Å². The molecule has 0 unspecified atom stereocenters. The largest absolute Gasteiger partial charge is 0.508 e. The molecule has 1 aliphatic rings. The van der Waals surface area contributed by atoms with E-state index in [2.05, 4.69) is 25.5 Å². The van der Waals surface area contributed by atoms with Crippen molar-refractivity contribution in [2.45, 2.75) is 6.92 Å². The number of rotatable bonds is 7. The summed E-state index contributed by atoms with van der Waals surface area (Å²) >= 11 is 6.57. The molecule has 3 N–H and O–H groups in total. The minimum atomic E-state index is -0.0490. The molecular formula is C27H30ClN7O2. The second-order valence-electron chi connectivity index (χ2n) is 9.17. The lowest BCUT2D eigenvalue weighted by Gasteiger charge is -2.34. The van der Waals surface area contributed by atoms with Crippen molar-refractivity contribution in [2.75, 3.05) is 51.6 Å². The molecule has 2 aromatic heterocycles. The Kier molecular flexibility index (Phi) is 7.27. The van der Waals surface area contributed by atoms with Crippen molar-refractivity contribution >= 4 is 34.7 Å². The zero-order chi connectivity index (χ0) is 25.9. The van der Waals surface area contributed by atoms with E-state index in [9.17, 15) is 9.90 Å². The number of hydrogen-bond donors (Lipinski definition) is 3. The minimum Gasteiger partial charge on any atom is -0.508 e. The highest BCUT2D eigenvalue weighted by atomic mass is 35.5. The number of hydrogen-bond acceptors (Lipinski definition) is 7. The smallest absolute Gasteiger partial charge is 0.255 e. The SMILES string of the molecule is CNCCN1CCN(C(=O)c2ccc(Nc3nccn4c(-c5ccc(O)c(C)c5)cnc34)cc2Cl)CC1. The van der Waals surface area contributed by atoms with Crippen molar-refractivity contribution in [3.8, 4) is 17.0 Å². The van der Waals surface area contributed by atoms with Gasteiger partial charge in [0.1, 0.15) is 5.75 Å². The fraction of sp³-hybridized carbons (Fsp3) is 0.296. The van der Waals surface area contributed by atoms with Gasteiger partial charge in [-0.05, 0) is 55.9 Å². The van der Waals surface area contributed by atoms with E-state index in [-0.39, 0.29) is 11.7 Å². The summed E-state index contributed by atoms with van der Waals surface area (Å²) in [6.07, 6.45) is 5.32. The van der Waals surface area contributed by atoms with Gasteiger partial charge in [-0.2, -0.15) is 0 Å². The third kappa shape index (κ3) is 5.24. The average molecular weight is 520 g/mol. The Morgan fingerprint density at radius 1 is 1.11 bits per heavy atom. The van der Waals surface area contributed by atoms with Gasteiger partial charge in [0.2, 0.25) is 0 Å². The monoisotopic (exact) mass is 519 g/mol. The fourth-order valence-electron chi connectivity index (χ4n) is 4.55. The number of phenols is 1. The fourth-order valence-corrected chi connectivity index (χ4v) is 4.82. The van der Waals surface area contributed by atoms with E-state index >= 15 is 0 Å². The number of aromatic nitrogens is 3. The van der Waals surface area contributed by atoms with Crippen LogP contribution in [0.15, 0.2) is 55.0 Å². The van der Waals surface area contributed by atoms with Crippen LogP contribution >= 0.6 is 11.6 Å². The van der Waals surface area contributed by atoms with E-state index in [4.69, 9.17) is 11.6 Å². The molecule has 0 radical (unpaired) electrons. The normalized spacial score (nSPS) is 14.3. The molecule has 192 valence electrons. The van der Waals surface area contributed by atoms with E-state index in [0.717, 1.165) is 43.0 Å². The minimum absolute atomic E-state index is 0.0490. The van der Waals surface area contributed by atoms with Crippen LogP contribution in [0, 0.1) is 6.92 Å². The van der Waals surface area contributed by atoms with Crippen molar-refractivity contribution in [2.24, 2.45) is 0 Å². The first-order valence-corrected chi connectivity index (χ1v) is 12.7. The Morgan fingerprint density at radius 2 is 1.92 bits per heavy atom. The zero-order valence-corrected chi connectivity index (χ0v) is 21.7. The quantitative estimate of drug-likeness (QED) is 0.342. The predicted octanol–water partition coefficient (Wildman–Crippen LogP) is 3.78. The average Bonchev–Trinajstić information content (AvgIpc) is 3.34. The van der Waals surface area contributed by atoms with Crippen LogP contribution < -0.4 is 10.6 Å². The highest BCUT2D eigenvalue weighted by molar-refractivity contribution is 6.34. The lowest BCUT2D eigenvalue weighted by Crippen LogP contribution is -2.49. The van der Waals surface area contributed by atoms with E-state index in [0.29, 0.717) is 40.8 Å². The van der Waals surface area contributed by atoms with Gasteiger partial charge in [-0.15, -0.1) is 0 Å². The maximum atomic E-state index is 13.1. The molecule has 2 aromatic carbocycles. The summed E-state index contributed by atoms with van der Waals surface area (Å²) in [5.41, 5.74) is 4.47. The number of benzene rings is 2. The maximum Gasteiger partial charge on any atom is 0.255 e. The lowest BCUT2D eigenvalue weighted by molar-refractivity contribution is 0.0639. The molecule has 37 heavy (non-hydrogen) atoms. The predicted molar refractivity (Wildman–Crippen MR) is 146 cm³/mol. The summed E-state index contributed by atoms with van der Waals surface area (Å²) < 4.78 is 1.94. The van der Waals surface area contributed by atoms with Crippen LogP contribution in [0.2, 0.25) is 5.02 Å². The first kappa shape index (κ1) is 25.0. The van der Waals surface area contributed by atoms with E-state index in [1.165, 1.54) is 0 Å². The molecule has 1 saturated heterocycles. The molecule has 0 atom stereocenters. The molecule has 5 rings (SSSR count). The summed E-state index contributed by atoms with van der Waals surface area (Å²) in [6, 6.07) is 10.8. The second-order valence-corrected chi connectivity index (χ2v) is 9.58. The third-order valence-electron chi connectivity index (χ3n) is 6.72. The summed E-state index contributed by atoms with van der Waals surface area (Å²) in [5.74, 6) is 0.774. The van der Waals surface area contributed by atoms with Crippen LogP contribution in [0.3, 0.4) is 0 Å². The number of halogens is 1. The number of nitrogens with zero attached hydrogens (tertiary/aromatic N) is 5. The first-order valence-electron chi connectivity index (χ1n) is 12.3. The van der Waals surface area contributed by atoms with Crippen LogP contribution in [0.4, 0.5) is 11.5 Å². The van der Waals surface area contributed by atoms with Gasteiger partial charge in [-0.25, -0.2) is 9.97 Å². The van der Waals surface area contributed by atoms with Crippen molar-refractivity contribution < 1.29 is 9.90 Å². The second kappa shape index (κ2) is 10.8. The number of piperazine rings is 1. The number of carbonyl (C=O) groups excluding carboxylic acids is 1. The van der Waals surface area contributed by atoms with Gasteiger partial charge in [0.25, 0.3) is 5.91 Å². The number of amides is 1. The number of aromatic hydroxyl groups is 1. The van der Waals surface area contributed by atoms with E-state index in [1.54, 1.807) is 30.6 Å². The summed E-state index contributed by atoms with van der Waals surface area (Å²) in [4.78, 5) is 26.4. The number of likely N-dealkylation sites (N-methyl/N-ethyl adjacent to an activating group) is 1. The van der Waals surface area contributed by atoms with Crippen LogP contribution in [-0.2, 0) is 0 Å². The summed E-state index contributed by atoms with van der Waals surface area (Å²) in [5, 5.41) is 16.7. The van der Waals surface area contributed by atoms with Crippen LogP contribution in [0.1, 0.15) is 15.9 Å². The number of aryl methyl sites for hydroxylation is 1. The number of fused-ring (bicyclic) bond motifs is 1. The van der Waals surface area contributed by atoms with Crippen molar-refractivity contribution in [3.63, 3.8) is 0 Å². The van der Waals surface area contributed by atoms with E-state index < -0.39 is 0 Å². The molecule has 9 nitrogen and oxygen atoms in total. The number of imidazole rings is 1. The van der Waals surface area contributed by atoms with Gasteiger partial charge in [0.15, 0.2) is 11.5 Å². The molecule has 1 amide bonds. The maximum absolute atomic E-state index is 13.1. The Morgan fingerprint density at radius 3 is 2.65 bits per heavy atom. The first-order chi connectivity index (χ1) is 17.9. The standard InChI is InChI=1S/C27H30ClN7O2/c1-18-15-19(3-6-24(18)36)23-17-31-26-25(30-8-10-35(23)26)32-20-4-5-21(22(28)16-20)27(37)34-13-11-33(12-14-34)9-7-29-2/h3-6,8,10,15-17,29,36H,7,9,11-14H2,1-2H3,(H,30,32). The van der Waals surface area contributed by atoms with Gasteiger partial charge < -0.3 is 20.6 Å². The Bertz CT molecular complexity index is 1430. The van der Waals surface area contributed by atoms with Gasteiger partial charge in [0, 0.05) is 62.9 Å². The molecule has 0 aliphatic carbocycles. The van der Waals surface area contributed by atoms with Crippen LogP contribution in [0.5, 0.6) is 5.75 Å². The van der Waals surface area contributed by atoms with E-state index in [1.807, 2.05) is 47.7 Å². The molecule has 0 spiro atoms. The van der Waals surface area contributed by atoms with Gasteiger partial charge >= 0.3 is 0 Å². The Hall–Kier alpha value is -3.66. The zero-order valence-electron chi connectivity index (χ0n) is 20.9. The number of anilines is 2. The number of nitrogens with one attached hydrogen (secondary N) is 2. The number of phenolic OH excluding ortho intramolecular Hbond substituents is 1. The van der Waals surface area contributed by atoms with Gasteiger partial charge in [-0.3, -0.25) is 14.1 Å². The van der Waals surface area contributed by atoms with Crippen molar-refractivity contribution in [1.82, 2.24) is 29.5 Å². The number of carbonyl (C=O) groups is 1. The molecule has 3 heterocycles. The molecule has 10 heteroatoms. The summed E-state index contributed by atoms with van der Waals surface area (Å²) in [7, 11) is 1.95. The summed E-state index contributed by atoms with van der Waals surface area (Å²) in [6.45, 7) is 6.87. The third-order valence-corrected chi connectivity index (χ3v) is 7.03. The van der Waals surface area contributed by atoms with Gasteiger partial charge in [-0.1, -0.05) is 11.6 Å². The molecule has 4 aromatic rings. The molecule has 0 saturated carbocycles. The van der Waals surface area contributed by atoms with Crippen LogP contribution in [0.25, 0.3) is 16.9 Å². The lowest BCUT2D eigenvalue weighted by atomic mass is 10.1. The highest BCUT2D eigenvalue weighted by Gasteiger charge is 2.23. The molecule has 0 bridgehead atoms.